The minimum absolute atomic E-state index is 0.151. The zero-order valence-corrected chi connectivity index (χ0v) is 11.7. The van der Waals surface area contributed by atoms with E-state index >= 15 is 0 Å². The van der Waals surface area contributed by atoms with E-state index in [4.69, 9.17) is 5.73 Å². The molecule has 0 radical (unpaired) electrons. The number of nitrogens with one attached hydrogen (secondary N) is 1. The molecule has 18 heavy (non-hydrogen) atoms. The van der Waals surface area contributed by atoms with E-state index in [1.807, 2.05) is 0 Å². The molecule has 3 heteroatoms. The predicted molar refractivity (Wildman–Crippen MR) is 75.2 cm³/mol. The molecule has 1 rings (SSSR count). The summed E-state index contributed by atoms with van der Waals surface area (Å²) in [4.78, 5) is 11.1. The fourth-order valence-electron chi connectivity index (χ4n) is 1.99. The van der Waals surface area contributed by atoms with E-state index in [0.29, 0.717) is 5.92 Å². The van der Waals surface area contributed by atoms with Crippen LogP contribution in [0.3, 0.4) is 0 Å². The van der Waals surface area contributed by atoms with Crippen LogP contribution >= 0.6 is 0 Å². The van der Waals surface area contributed by atoms with Crippen LogP contribution in [-0.2, 0) is 11.2 Å². The minimum Gasteiger partial charge on any atom is -0.368 e. The Morgan fingerprint density at radius 3 is 2.17 bits per heavy atom. The largest absolute Gasteiger partial charge is 0.368 e. The van der Waals surface area contributed by atoms with E-state index < -0.39 is 0 Å². The number of carbonyl (C=O) groups excluding carboxylic acids is 1. The van der Waals surface area contributed by atoms with Gasteiger partial charge in [-0.2, -0.15) is 0 Å². The lowest BCUT2D eigenvalue weighted by molar-refractivity contribution is -0.119. The van der Waals surface area contributed by atoms with Crippen LogP contribution in [0.2, 0.25) is 0 Å². The Kier molecular flexibility index (Phi) is 5.35. The molecule has 0 aliphatic rings. The first-order chi connectivity index (χ1) is 8.45. The van der Waals surface area contributed by atoms with E-state index in [2.05, 4.69) is 50.4 Å². The molecule has 0 bridgehead atoms. The fourth-order valence-corrected chi connectivity index (χ4v) is 1.99. The van der Waals surface area contributed by atoms with Gasteiger partial charge in [-0.3, -0.25) is 10.1 Å². The van der Waals surface area contributed by atoms with Crippen LogP contribution in [-0.4, -0.2) is 11.9 Å². The van der Waals surface area contributed by atoms with Crippen molar-refractivity contribution in [2.75, 3.05) is 0 Å². The molecule has 0 aromatic heterocycles. The average Bonchev–Trinajstić information content (AvgIpc) is 2.35. The second kappa shape index (κ2) is 6.55. The number of amides is 1. The number of carbonyl (C=O) groups is 1. The number of hydrogen-bond donors (Lipinski definition) is 2. The molecule has 0 aliphatic heterocycles. The van der Waals surface area contributed by atoms with Crippen LogP contribution in [0.5, 0.6) is 0 Å². The molecule has 1 amide bonds. The van der Waals surface area contributed by atoms with Crippen LogP contribution in [0.4, 0.5) is 0 Å². The van der Waals surface area contributed by atoms with E-state index in [9.17, 15) is 4.79 Å². The third-order valence-corrected chi connectivity index (χ3v) is 3.27. The number of primary amides is 1. The summed E-state index contributed by atoms with van der Waals surface area (Å²) in [5.74, 6) is 0.0881. The van der Waals surface area contributed by atoms with Crippen molar-refractivity contribution in [2.24, 2.45) is 11.7 Å². The highest BCUT2D eigenvalue weighted by molar-refractivity contribution is 5.79. The number of benzene rings is 1. The van der Waals surface area contributed by atoms with Crippen molar-refractivity contribution in [3.05, 3.63) is 35.4 Å². The van der Waals surface area contributed by atoms with Gasteiger partial charge in [0.15, 0.2) is 0 Å². The normalized spacial score (nSPS) is 14.5. The van der Waals surface area contributed by atoms with E-state index in [1.54, 1.807) is 6.92 Å². The maximum Gasteiger partial charge on any atom is 0.234 e. The highest BCUT2D eigenvalue weighted by Crippen LogP contribution is 2.22. The van der Waals surface area contributed by atoms with Gasteiger partial charge >= 0.3 is 0 Å². The summed E-state index contributed by atoms with van der Waals surface area (Å²) in [6, 6.07) is 8.37. The number of hydrogen-bond acceptors (Lipinski definition) is 2. The van der Waals surface area contributed by atoms with Crippen molar-refractivity contribution in [1.29, 1.82) is 0 Å². The van der Waals surface area contributed by atoms with Gasteiger partial charge in [-0.15, -0.1) is 0 Å². The lowest BCUT2D eigenvalue weighted by atomic mass is 9.94. The second-order valence-electron chi connectivity index (χ2n) is 5.11. The van der Waals surface area contributed by atoms with Gasteiger partial charge in [0.1, 0.15) is 0 Å². The van der Waals surface area contributed by atoms with Gasteiger partial charge < -0.3 is 5.73 Å². The molecule has 0 spiro atoms. The Hall–Kier alpha value is -1.35. The summed E-state index contributed by atoms with van der Waals surface area (Å²) < 4.78 is 0. The molecular formula is C15H24N2O. The van der Waals surface area contributed by atoms with E-state index in [-0.39, 0.29) is 18.0 Å². The molecule has 0 saturated carbocycles. The molecule has 0 fully saturated rings. The lowest BCUT2D eigenvalue weighted by Crippen LogP contribution is -2.42. The number of nitrogens with two attached hydrogens (primary N) is 1. The van der Waals surface area contributed by atoms with Crippen molar-refractivity contribution in [2.45, 2.75) is 46.2 Å². The minimum atomic E-state index is -0.316. The summed E-state index contributed by atoms with van der Waals surface area (Å²) >= 11 is 0. The molecule has 2 atom stereocenters. The van der Waals surface area contributed by atoms with E-state index in [0.717, 1.165) is 6.42 Å². The Bertz CT molecular complexity index is 384. The fraction of sp³-hybridized carbons (Fsp3) is 0.533. The molecule has 0 unspecified atom stereocenters. The average molecular weight is 248 g/mol. The van der Waals surface area contributed by atoms with Gasteiger partial charge in [0.25, 0.3) is 0 Å². The first-order valence-electron chi connectivity index (χ1n) is 6.59. The Morgan fingerprint density at radius 2 is 1.78 bits per heavy atom. The molecule has 0 aliphatic carbocycles. The summed E-state index contributed by atoms with van der Waals surface area (Å²) in [5.41, 5.74) is 7.83. The van der Waals surface area contributed by atoms with Gasteiger partial charge in [0.05, 0.1) is 6.04 Å². The second-order valence-corrected chi connectivity index (χ2v) is 5.11. The van der Waals surface area contributed by atoms with Crippen LogP contribution in [0.15, 0.2) is 24.3 Å². The smallest absolute Gasteiger partial charge is 0.234 e. The molecule has 1 aromatic rings. The standard InChI is InChI=1S/C15H24N2O/c1-5-12-6-8-13(9-7-12)14(10(2)3)17-11(4)15(16)18/h6-11,14,17H,5H2,1-4H3,(H2,16,18)/t11-,14-/m1/s1. The summed E-state index contributed by atoms with van der Waals surface area (Å²) in [6.07, 6.45) is 1.04. The molecule has 0 heterocycles. The monoisotopic (exact) mass is 248 g/mol. The predicted octanol–water partition coefficient (Wildman–Crippen LogP) is 2.41. The number of aryl methyl sites for hydroxylation is 1. The summed E-state index contributed by atoms with van der Waals surface area (Å²) in [5, 5.41) is 3.30. The van der Waals surface area contributed by atoms with Crippen molar-refractivity contribution in [1.82, 2.24) is 5.32 Å². The Labute approximate surface area is 110 Å². The van der Waals surface area contributed by atoms with Gasteiger partial charge in [0.2, 0.25) is 5.91 Å². The van der Waals surface area contributed by atoms with Crippen molar-refractivity contribution < 1.29 is 4.79 Å². The van der Waals surface area contributed by atoms with Crippen LogP contribution in [0, 0.1) is 5.92 Å². The third kappa shape index (κ3) is 3.84. The SMILES string of the molecule is CCc1ccc([C@H](N[C@H](C)C(N)=O)C(C)C)cc1. The highest BCUT2D eigenvalue weighted by Gasteiger charge is 2.20. The van der Waals surface area contributed by atoms with Crippen molar-refractivity contribution in [3.63, 3.8) is 0 Å². The van der Waals surface area contributed by atoms with Gasteiger partial charge in [-0.25, -0.2) is 0 Å². The van der Waals surface area contributed by atoms with Gasteiger partial charge in [-0.1, -0.05) is 45.0 Å². The van der Waals surface area contributed by atoms with E-state index in [1.165, 1.54) is 11.1 Å². The zero-order chi connectivity index (χ0) is 13.7. The molecule has 3 N–H and O–H groups in total. The zero-order valence-electron chi connectivity index (χ0n) is 11.7. The Morgan fingerprint density at radius 1 is 1.22 bits per heavy atom. The first kappa shape index (κ1) is 14.7. The summed E-state index contributed by atoms with van der Waals surface area (Å²) in [7, 11) is 0. The number of rotatable bonds is 6. The topological polar surface area (TPSA) is 55.1 Å². The highest BCUT2D eigenvalue weighted by atomic mass is 16.1. The maximum atomic E-state index is 11.1. The first-order valence-corrected chi connectivity index (χ1v) is 6.59. The molecular weight excluding hydrogens is 224 g/mol. The quantitative estimate of drug-likeness (QED) is 0.812. The van der Waals surface area contributed by atoms with Crippen LogP contribution in [0.1, 0.15) is 44.9 Å². The van der Waals surface area contributed by atoms with Crippen LogP contribution < -0.4 is 11.1 Å². The third-order valence-electron chi connectivity index (χ3n) is 3.27. The summed E-state index contributed by atoms with van der Waals surface area (Å²) in [6.45, 7) is 8.22. The molecule has 100 valence electrons. The molecule has 3 nitrogen and oxygen atoms in total. The lowest BCUT2D eigenvalue weighted by Gasteiger charge is -2.25. The Balaban J connectivity index is 2.86. The van der Waals surface area contributed by atoms with Crippen LogP contribution in [0.25, 0.3) is 0 Å². The maximum absolute atomic E-state index is 11.1. The van der Waals surface area contributed by atoms with Gasteiger partial charge in [-0.05, 0) is 30.4 Å². The van der Waals surface area contributed by atoms with Crippen molar-refractivity contribution in [3.8, 4) is 0 Å². The van der Waals surface area contributed by atoms with Crippen molar-refractivity contribution >= 4 is 5.91 Å². The van der Waals surface area contributed by atoms with Gasteiger partial charge in [0, 0.05) is 6.04 Å². The molecule has 1 aromatic carbocycles. The molecule has 0 saturated heterocycles.